The highest BCUT2D eigenvalue weighted by molar-refractivity contribution is 7.11. The molecule has 2 rings (SSSR count). The number of aryl methyl sites for hydroxylation is 1. The van der Waals surface area contributed by atoms with Crippen LogP contribution in [0.5, 0.6) is 0 Å². The van der Waals surface area contributed by atoms with E-state index in [9.17, 15) is 4.79 Å². The molecule has 0 aromatic carbocycles. The number of carbonyl (C=O) groups excluding carboxylic acids is 1. The molecule has 1 aliphatic rings. The van der Waals surface area contributed by atoms with Gasteiger partial charge in [0.1, 0.15) is 5.01 Å². The number of hydrogen-bond donors (Lipinski definition) is 2. The van der Waals surface area contributed by atoms with Crippen molar-refractivity contribution in [3.8, 4) is 0 Å². The zero-order valence-corrected chi connectivity index (χ0v) is 9.56. The Morgan fingerprint density at radius 1 is 1.67 bits per heavy atom. The van der Waals surface area contributed by atoms with Crippen LogP contribution in [0.1, 0.15) is 28.4 Å². The molecule has 1 amide bonds. The van der Waals surface area contributed by atoms with E-state index in [1.165, 1.54) is 11.3 Å². The maximum absolute atomic E-state index is 11.5. The second-order valence-corrected chi connectivity index (χ2v) is 5.01. The molecule has 1 heterocycles. The van der Waals surface area contributed by atoms with E-state index in [-0.39, 0.29) is 5.91 Å². The standard InChI is InChI=1S/C10H15N3OS/c1-6-8(15-10(5-11)12-6)4-9(14)13-7-2-3-7/h7H,2-5,11H2,1H3,(H,13,14). The van der Waals surface area contributed by atoms with E-state index in [2.05, 4.69) is 10.3 Å². The van der Waals surface area contributed by atoms with Crippen LogP contribution in [0.25, 0.3) is 0 Å². The molecule has 1 aliphatic carbocycles. The number of rotatable bonds is 4. The summed E-state index contributed by atoms with van der Waals surface area (Å²) in [7, 11) is 0. The van der Waals surface area contributed by atoms with Gasteiger partial charge in [-0.2, -0.15) is 0 Å². The number of nitrogens with zero attached hydrogens (tertiary/aromatic N) is 1. The Hall–Kier alpha value is -0.940. The molecule has 1 fully saturated rings. The second-order valence-electron chi connectivity index (χ2n) is 3.84. The number of carbonyl (C=O) groups is 1. The van der Waals surface area contributed by atoms with Gasteiger partial charge in [-0.3, -0.25) is 4.79 Å². The monoisotopic (exact) mass is 225 g/mol. The highest BCUT2D eigenvalue weighted by Gasteiger charge is 2.23. The SMILES string of the molecule is Cc1nc(CN)sc1CC(=O)NC1CC1. The van der Waals surface area contributed by atoms with E-state index in [4.69, 9.17) is 5.73 Å². The van der Waals surface area contributed by atoms with Crippen LogP contribution >= 0.6 is 11.3 Å². The predicted octanol–water partition coefficient (Wildman–Crippen LogP) is 0.731. The molecular weight excluding hydrogens is 210 g/mol. The fraction of sp³-hybridized carbons (Fsp3) is 0.600. The number of nitrogens with one attached hydrogen (secondary N) is 1. The topological polar surface area (TPSA) is 68.0 Å². The summed E-state index contributed by atoms with van der Waals surface area (Å²) in [6, 6.07) is 0.430. The lowest BCUT2D eigenvalue weighted by Crippen LogP contribution is -2.26. The van der Waals surface area contributed by atoms with Crippen LogP contribution in [-0.4, -0.2) is 16.9 Å². The summed E-state index contributed by atoms with van der Waals surface area (Å²) < 4.78 is 0. The van der Waals surface area contributed by atoms with Gasteiger partial charge in [-0.25, -0.2) is 4.98 Å². The third-order valence-corrected chi connectivity index (χ3v) is 3.55. The minimum Gasteiger partial charge on any atom is -0.353 e. The van der Waals surface area contributed by atoms with Gasteiger partial charge < -0.3 is 11.1 Å². The Morgan fingerprint density at radius 2 is 2.40 bits per heavy atom. The first-order valence-electron chi connectivity index (χ1n) is 5.13. The minimum absolute atomic E-state index is 0.104. The average molecular weight is 225 g/mol. The molecule has 1 saturated carbocycles. The van der Waals surface area contributed by atoms with Crippen molar-refractivity contribution in [2.24, 2.45) is 5.73 Å². The molecule has 1 aromatic rings. The quantitative estimate of drug-likeness (QED) is 0.794. The molecule has 15 heavy (non-hydrogen) atoms. The zero-order valence-electron chi connectivity index (χ0n) is 8.75. The Kier molecular flexibility index (Phi) is 3.02. The van der Waals surface area contributed by atoms with Crippen LogP contribution < -0.4 is 11.1 Å². The molecule has 0 saturated heterocycles. The molecule has 0 radical (unpaired) electrons. The molecule has 5 heteroatoms. The first-order valence-corrected chi connectivity index (χ1v) is 5.95. The number of thiazole rings is 1. The Morgan fingerprint density at radius 3 is 2.93 bits per heavy atom. The lowest BCUT2D eigenvalue weighted by molar-refractivity contribution is -0.120. The Bertz CT molecular complexity index is 371. The van der Waals surface area contributed by atoms with E-state index in [1.54, 1.807) is 0 Å². The van der Waals surface area contributed by atoms with Crippen molar-refractivity contribution < 1.29 is 4.79 Å². The highest BCUT2D eigenvalue weighted by Crippen LogP contribution is 2.21. The molecule has 0 bridgehead atoms. The van der Waals surface area contributed by atoms with Gasteiger partial charge in [0.25, 0.3) is 0 Å². The zero-order chi connectivity index (χ0) is 10.8. The normalized spacial score (nSPS) is 15.3. The van der Waals surface area contributed by atoms with Gasteiger partial charge in [-0.1, -0.05) is 0 Å². The molecule has 0 unspecified atom stereocenters. The lowest BCUT2D eigenvalue weighted by atomic mass is 10.3. The minimum atomic E-state index is 0.104. The van der Waals surface area contributed by atoms with Gasteiger partial charge in [0, 0.05) is 17.5 Å². The predicted molar refractivity (Wildman–Crippen MR) is 59.6 cm³/mol. The number of amides is 1. The van der Waals surface area contributed by atoms with E-state index < -0.39 is 0 Å². The summed E-state index contributed by atoms with van der Waals surface area (Å²) in [5.41, 5.74) is 6.44. The molecule has 82 valence electrons. The van der Waals surface area contributed by atoms with Crippen molar-refractivity contribution in [3.63, 3.8) is 0 Å². The largest absolute Gasteiger partial charge is 0.353 e. The van der Waals surface area contributed by atoms with Crippen molar-refractivity contribution in [3.05, 3.63) is 15.6 Å². The van der Waals surface area contributed by atoms with Gasteiger partial charge in [0.15, 0.2) is 0 Å². The summed E-state index contributed by atoms with van der Waals surface area (Å²) in [4.78, 5) is 16.9. The van der Waals surface area contributed by atoms with Gasteiger partial charge >= 0.3 is 0 Å². The van der Waals surface area contributed by atoms with Crippen LogP contribution in [0, 0.1) is 6.92 Å². The number of hydrogen-bond acceptors (Lipinski definition) is 4. The van der Waals surface area contributed by atoms with E-state index in [0.29, 0.717) is 19.0 Å². The third kappa shape index (κ3) is 2.76. The molecule has 3 N–H and O–H groups in total. The first kappa shape index (κ1) is 10.6. The lowest BCUT2D eigenvalue weighted by Gasteiger charge is -2.01. The van der Waals surface area contributed by atoms with E-state index in [1.807, 2.05) is 6.92 Å². The van der Waals surface area contributed by atoms with E-state index in [0.717, 1.165) is 28.4 Å². The molecule has 0 atom stereocenters. The van der Waals surface area contributed by atoms with Gasteiger partial charge in [0.05, 0.1) is 12.1 Å². The van der Waals surface area contributed by atoms with Crippen molar-refractivity contribution in [1.29, 1.82) is 0 Å². The van der Waals surface area contributed by atoms with Gasteiger partial charge in [-0.05, 0) is 19.8 Å². The van der Waals surface area contributed by atoms with Crippen molar-refractivity contribution in [1.82, 2.24) is 10.3 Å². The molecule has 4 nitrogen and oxygen atoms in total. The summed E-state index contributed by atoms with van der Waals surface area (Å²) in [5.74, 6) is 0.104. The average Bonchev–Trinajstić information content (AvgIpc) is 2.92. The van der Waals surface area contributed by atoms with Crippen LogP contribution in [0.3, 0.4) is 0 Å². The van der Waals surface area contributed by atoms with Crippen molar-refractivity contribution in [2.45, 2.75) is 38.8 Å². The maximum atomic E-state index is 11.5. The summed E-state index contributed by atoms with van der Waals surface area (Å²) in [5, 5.41) is 3.87. The molecule has 0 spiro atoms. The van der Waals surface area contributed by atoms with E-state index >= 15 is 0 Å². The molecule has 0 aliphatic heterocycles. The molecule has 1 aromatic heterocycles. The van der Waals surface area contributed by atoms with Gasteiger partial charge in [0.2, 0.25) is 5.91 Å². The fourth-order valence-corrected chi connectivity index (χ4v) is 2.34. The highest BCUT2D eigenvalue weighted by atomic mass is 32.1. The Labute approximate surface area is 92.9 Å². The van der Waals surface area contributed by atoms with Crippen LogP contribution in [0.2, 0.25) is 0 Å². The summed E-state index contributed by atoms with van der Waals surface area (Å²) in [6.07, 6.45) is 2.70. The van der Waals surface area contributed by atoms with Gasteiger partial charge in [-0.15, -0.1) is 11.3 Å². The molecular formula is C10H15N3OS. The third-order valence-electron chi connectivity index (χ3n) is 2.38. The summed E-state index contributed by atoms with van der Waals surface area (Å²) >= 11 is 1.54. The van der Waals surface area contributed by atoms with Crippen LogP contribution in [0.15, 0.2) is 0 Å². The fourth-order valence-electron chi connectivity index (χ4n) is 1.39. The smallest absolute Gasteiger partial charge is 0.225 e. The summed E-state index contributed by atoms with van der Waals surface area (Å²) in [6.45, 7) is 2.38. The van der Waals surface area contributed by atoms with Crippen molar-refractivity contribution >= 4 is 17.2 Å². The Balaban J connectivity index is 1.95. The number of nitrogens with two attached hydrogens (primary N) is 1. The maximum Gasteiger partial charge on any atom is 0.225 e. The number of aromatic nitrogens is 1. The first-order chi connectivity index (χ1) is 7.19. The van der Waals surface area contributed by atoms with Crippen molar-refractivity contribution in [2.75, 3.05) is 0 Å². The van der Waals surface area contributed by atoms with Crippen LogP contribution in [-0.2, 0) is 17.8 Å². The second kappa shape index (κ2) is 4.28. The van der Waals surface area contributed by atoms with Crippen LogP contribution in [0.4, 0.5) is 0 Å².